The molecular weight excluding hydrogens is 104 g/mol. The van der Waals surface area contributed by atoms with Crippen LogP contribution < -0.4 is 0 Å². The van der Waals surface area contributed by atoms with Crippen LogP contribution in [0.1, 0.15) is 12.8 Å². The van der Waals surface area contributed by atoms with Crippen LogP contribution >= 0.6 is 0 Å². The van der Waals surface area contributed by atoms with Crippen molar-refractivity contribution in [2.75, 3.05) is 13.2 Å². The summed E-state index contributed by atoms with van der Waals surface area (Å²) in [5.74, 6) is 0. The maximum absolute atomic E-state index is 7.33. The molecule has 1 saturated heterocycles. The number of rotatable bonds is 0. The molecule has 1 aliphatic heterocycles. The fourth-order valence-corrected chi connectivity index (χ4v) is 0.510. The van der Waals surface area contributed by atoms with Gasteiger partial charge in [-0.05, 0) is 12.8 Å². The second-order valence-electron chi connectivity index (χ2n) is 1.50. The van der Waals surface area contributed by atoms with Gasteiger partial charge in [-0.15, -0.1) is 0 Å². The summed E-state index contributed by atoms with van der Waals surface area (Å²) in [5, 5.41) is 7.33. The van der Waals surface area contributed by atoms with Gasteiger partial charge in [-0.1, -0.05) is 6.58 Å². The monoisotopic (exact) mass is 116 g/mol. The van der Waals surface area contributed by atoms with E-state index in [1.807, 2.05) is 0 Å². The highest BCUT2D eigenvalue weighted by Crippen LogP contribution is 1.98. The van der Waals surface area contributed by atoms with Gasteiger partial charge in [-0.3, -0.25) is 0 Å². The van der Waals surface area contributed by atoms with E-state index < -0.39 is 0 Å². The molecule has 8 heavy (non-hydrogen) atoms. The number of hydrogen-bond donors (Lipinski definition) is 1. The normalized spacial score (nSPS) is 16.5. The first-order valence-electron chi connectivity index (χ1n) is 2.74. The van der Waals surface area contributed by atoms with Crippen molar-refractivity contribution in [2.45, 2.75) is 12.8 Å². The lowest BCUT2D eigenvalue weighted by atomic mass is 10.4. The molecule has 1 rings (SSSR count). The van der Waals surface area contributed by atoms with Crippen LogP contribution in [0.15, 0.2) is 12.8 Å². The third-order valence-corrected chi connectivity index (χ3v) is 0.827. The van der Waals surface area contributed by atoms with Gasteiger partial charge in [-0.2, -0.15) is 0 Å². The summed E-state index contributed by atoms with van der Waals surface area (Å²) in [6, 6.07) is 0. The molecule has 1 fully saturated rings. The van der Waals surface area contributed by atoms with Crippen LogP contribution in [0.5, 0.6) is 0 Å². The highest BCUT2D eigenvalue weighted by atomic mass is 16.5. The molecule has 0 aromatic carbocycles. The molecular formula is C6H12O2. The fraction of sp³-hybridized carbons (Fsp3) is 0.667. The molecule has 1 heterocycles. The first kappa shape index (κ1) is 7.50. The summed E-state index contributed by atoms with van der Waals surface area (Å²) in [6.07, 6.45) is 3.31. The standard InChI is InChI=1S/C4H8O.C2H4O/c1-2-4-5-3-1;1-2-3/h1-4H2;2-3H,1H2. The van der Waals surface area contributed by atoms with Crippen LogP contribution in [0.2, 0.25) is 0 Å². The maximum Gasteiger partial charge on any atom is 0.0719 e. The minimum Gasteiger partial charge on any atom is -0.516 e. The minimum absolute atomic E-state index is 0.750. The zero-order chi connectivity index (χ0) is 6.24. The Morgan fingerprint density at radius 2 is 1.75 bits per heavy atom. The van der Waals surface area contributed by atoms with Crippen molar-refractivity contribution in [3.63, 3.8) is 0 Å². The Hall–Kier alpha value is -0.500. The van der Waals surface area contributed by atoms with Crippen molar-refractivity contribution in [3.8, 4) is 0 Å². The molecule has 48 valence electrons. The molecule has 0 aliphatic carbocycles. The molecule has 1 N–H and O–H groups in total. The highest BCUT2D eigenvalue weighted by molar-refractivity contribution is 4.43. The fourth-order valence-electron chi connectivity index (χ4n) is 0.510. The van der Waals surface area contributed by atoms with Gasteiger partial charge < -0.3 is 9.84 Å². The van der Waals surface area contributed by atoms with E-state index in [4.69, 9.17) is 9.84 Å². The van der Waals surface area contributed by atoms with Crippen molar-refractivity contribution in [1.82, 2.24) is 0 Å². The van der Waals surface area contributed by atoms with E-state index in [1.165, 1.54) is 12.8 Å². The van der Waals surface area contributed by atoms with E-state index in [-0.39, 0.29) is 0 Å². The molecule has 2 nitrogen and oxygen atoms in total. The zero-order valence-electron chi connectivity index (χ0n) is 4.97. The Morgan fingerprint density at radius 3 is 1.88 bits per heavy atom. The Balaban J connectivity index is 0.000000145. The lowest BCUT2D eigenvalue weighted by Crippen LogP contribution is -1.74. The Kier molecular flexibility index (Phi) is 6.09. The lowest BCUT2D eigenvalue weighted by molar-refractivity contribution is 0.198. The van der Waals surface area contributed by atoms with Crippen LogP contribution in [0, 0.1) is 0 Å². The highest BCUT2D eigenvalue weighted by Gasteiger charge is 1.94. The Bertz CT molecular complexity index is 40.9. The van der Waals surface area contributed by atoms with Crippen molar-refractivity contribution >= 4 is 0 Å². The molecule has 0 aromatic rings. The first-order valence-corrected chi connectivity index (χ1v) is 2.74. The molecule has 0 atom stereocenters. The summed E-state index contributed by atoms with van der Waals surface area (Å²) in [4.78, 5) is 0. The molecule has 0 aromatic heterocycles. The van der Waals surface area contributed by atoms with Gasteiger partial charge in [0.15, 0.2) is 0 Å². The number of aliphatic hydroxyl groups excluding tert-OH is 1. The smallest absolute Gasteiger partial charge is 0.0719 e. The van der Waals surface area contributed by atoms with Crippen LogP contribution in [0.4, 0.5) is 0 Å². The lowest BCUT2D eigenvalue weighted by Gasteiger charge is -1.76. The molecule has 0 spiro atoms. The molecule has 0 radical (unpaired) electrons. The van der Waals surface area contributed by atoms with Crippen LogP contribution in [-0.2, 0) is 4.74 Å². The average Bonchev–Trinajstić information content (AvgIpc) is 2.17. The van der Waals surface area contributed by atoms with E-state index in [0.717, 1.165) is 19.5 Å². The third-order valence-electron chi connectivity index (χ3n) is 0.827. The molecule has 2 heteroatoms. The predicted molar refractivity (Wildman–Crippen MR) is 32.9 cm³/mol. The molecule has 1 aliphatic rings. The van der Waals surface area contributed by atoms with Crippen LogP contribution in [0.3, 0.4) is 0 Å². The van der Waals surface area contributed by atoms with Gasteiger partial charge in [0.05, 0.1) is 6.26 Å². The van der Waals surface area contributed by atoms with Gasteiger partial charge in [0.25, 0.3) is 0 Å². The maximum atomic E-state index is 7.33. The third kappa shape index (κ3) is 5.50. The predicted octanol–water partition coefficient (Wildman–Crippen LogP) is 1.48. The van der Waals surface area contributed by atoms with Crippen molar-refractivity contribution < 1.29 is 9.84 Å². The summed E-state index contributed by atoms with van der Waals surface area (Å²) in [5.41, 5.74) is 0. The first-order chi connectivity index (χ1) is 3.91. The second kappa shape index (κ2) is 6.50. The van der Waals surface area contributed by atoms with E-state index in [9.17, 15) is 0 Å². The molecule has 0 unspecified atom stereocenters. The second-order valence-corrected chi connectivity index (χ2v) is 1.50. The topological polar surface area (TPSA) is 29.5 Å². The van der Waals surface area contributed by atoms with Crippen LogP contribution in [-0.4, -0.2) is 18.3 Å². The minimum atomic E-state index is 0.750. The van der Waals surface area contributed by atoms with Gasteiger partial charge in [0.1, 0.15) is 0 Å². The van der Waals surface area contributed by atoms with Gasteiger partial charge in [-0.25, -0.2) is 0 Å². The molecule has 0 bridgehead atoms. The number of ether oxygens (including phenoxy) is 1. The summed E-state index contributed by atoms with van der Waals surface area (Å²) < 4.78 is 4.94. The molecule has 0 amide bonds. The number of aliphatic hydroxyl groups is 1. The summed E-state index contributed by atoms with van der Waals surface area (Å²) in [6.45, 7) is 4.92. The van der Waals surface area contributed by atoms with Crippen molar-refractivity contribution in [3.05, 3.63) is 12.8 Å². The van der Waals surface area contributed by atoms with E-state index in [2.05, 4.69) is 6.58 Å². The SMILES string of the molecule is C1CCOC1.C=CO. The largest absolute Gasteiger partial charge is 0.516 e. The van der Waals surface area contributed by atoms with Gasteiger partial charge in [0, 0.05) is 13.2 Å². The van der Waals surface area contributed by atoms with Gasteiger partial charge >= 0.3 is 0 Å². The number of hydrogen-bond acceptors (Lipinski definition) is 2. The van der Waals surface area contributed by atoms with E-state index in [0.29, 0.717) is 0 Å². The van der Waals surface area contributed by atoms with E-state index >= 15 is 0 Å². The average molecular weight is 116 g/mol. The van der Waals surface area contributed by atoms with Crippen molar-refractivity contribution in [1.29, 1.82) is 0 Å². The zero-order valence-corrected chi connectivity index (χ0v) is 4.97. The Morgan fingerprint density at radius 1 is 1.38 bits per heavy atom. The van der Waals surface area contributed by atoms with Crippen LogP contribution in [0.25, 0.3) is 0 Å². The summed E-state index contributed by atoms with van der Waals surface area (Å²) in [7, 11) is 0. The summed E-state index contributed by atoms with van der Waals surface area (Å²) >= 11 is 0. The van der Waals surface area contributed by atoms with Gasteiger partial charge in [0.2, 0.25) is 0 Å². The van der Waals surface area contributed by atoms with E-state index in [1.54, 1.807) is 0 Å². The quantitative estimate of drug-likeness (QED) is 0.486. The molecule has 0 saturated carbocycles. The van der Waals surface area contributed by atoms with Crippen molar-refractivity contribution in [2.24, 2.45) is 0 Å². The Labute approximate surface area is 49.8 Å².